The van der Waals surface area contributed by atoms with Gasteiger partial charge in [0.2, 0.25) is 0 Å². The van der Waals surface area contributed by atoms with E-state index in [0.29, 0.717) is 0 Å². The number of aryl methyl sites for hydroxylation is 1. The Balaban J connectivity index is 1.68. The first-order chi connectivity index (χ1) is 14.8. The second kappa shape index (κ2) is 6.46. The molecule has 4 heteroatoms. The minimum Gasteiger partial charge on any atom is -0.309 e. The number of thiophene rings is 1. The molecule has 0 spiro atoms. The highest BCUT2D eigenvalue weighted by molar-refractivity contribution is 7.20. The van der Waals surface area contributed by atoms with E-state index < -0.39 is 11.8 Å². The summed E-state index contributed by atoms with van der Waals surface area (Å²) in [6.07, 6.45) is 12.5. The van der Waals surface area contributed by atoms with Crippen LogP contribution in [0.15, 0.2) is 60.7 Å². The molecular formula is C26H17N3S. The van der Waals surface area contributed by atoms with Gasteiger partial charge in [0, 0.05) is 26.0 Å². The first-order valence-corrected chi connectivity index (χ1v) is 10.9. The van der Waals surface area contributed by atoms with Crippen molar-refractivity contribution in [1.29, 1.82) is 10.5 Å². The van der Waals surface area contributed by atoms with E-state index in [9.17, 15) is 10.5 Å². The van der Waals surface area contributed by atoms with Crippen molar-refractivity contribution in [2.75, 3.05) is 0 Å². The van der Waals surface area contributed by atoms with Crippen molar-refractivity contribution < 1.29 is 0 Å². The first kappa shape index (κ1) is 17.3. The fraction of sp³-hybridized carbons (Fsp3) is 0.154. The molecule has 2 aromatic heterocycles. The fourth-order valence-corrected chi connectivity index (χ4v) is 5.97. The van der Waals surface area contributed by atoms with Crippen molar-refractivity contribution in [2.45, 2.75) is 12.8 Å². The predicted molar refractivity (Wildman–Crippen MR) is 124 cm³/mol. The Hall–Kier alpha value is -3.60. The van der Waals surface area contributed by atoms with Gasteiger partial charge in [-0.1, -0.05) is 30.4 Å². The third kappa shape index (κ3) is 2.35. The molecule has 0 saturated carbocycles. The number of hydrogen-bond acceptors (Lipinski definition) is 3. The molecule has 4 aromatic rings. The minimum absolute atomic E-state index is 0.394. The standard InChI is InChI=1S/C26H17N3S/c27-14-16-9-10-18(11-17(16)15-28)29-23-7-3-1-5-19(23)21-12-22-20-6-2-4-8-25(20)30-26(22)13-24(21)29/h1,3-5,7-13,16-17H,2,6H2. The van der Waals surface area contributed by atoms with Crippen LogP contribution in [-0.2, 0) is 6.42 Å². The number of rotatable bonds is 1. The van der Waals surface area contributed by atoms with Crippen molar-refractivity contribution >= 4 is 55.0 Å². The van der Waals surface area contributed by atoms with Crippen LogP contribution in [0.1, 0.15) is 16.9 Å². The topological polar surface area (TPSA) is 52.5 Å². The Kier molecular flexibility index (Phi) is 3.72. The highest BCUT2D eigenvalue weighted by Crippen LogP contribution is 2.42. The number of fused-ring (bicyclic) bond motifs is 6. The van der Waals surface area contributed by atoms with E-state index in [0.717, 1.165) is 29.6 Å². The van der Waals surface area contributed by atoms with Crippen LogP contribution in [0.3, 0.4) is 0 Å². The third-order valence-electron chi connectivity index (χ3n) is 6.21. The summed E-state index contributed by atoms with van der Waals surface area (Å²) in [5, 5.41) is 22.7. The lowest BCUT2D eigenvalue weighted by molar-refractivity contribution is 0.692. The van der Waals surface area contributed by atoms with E-state index in [1.165, 1.54) is 31.3 Å². The van der Waals surface area contributed by atoms with Gasteiger partial charge in [-0.3, -0.25) is 0 Å². The normalized spacial score (nSPS) is 20.3. The minimum atomic E-state index is -0.436. The Morgan fingerprint density at radius 2 is 1.80 bits per heavy atom. The monoisotopic (exact) mass is 403 g/mol. The summed E-state index contributed by atoms with van der Waals surface area (Å²) >= 11 is 1.86. The molecule has 2 aromatic carbocycles. The van der Waals surface area contributed by atoms with Crippen LogP contribution < -0.4 is 0 Å². The van der Waals surface area contributed by atoms with Gasteiger partial charge in [-0.2, -0.15) is 10.5 Å². The highest BCUT2D eigenvalue weighted by Gasteiger charge is 2.23. The summed E-state index contributed by atoms with van der Waals surface area (Å²) < 4.78 is 3.54. The van der Waals surface area contributed by atoms with Crippen molar-refractivity contribution in [3.63, 3.8) is 0 Å². The van der Waals surface area contributed by atoms with Crippen molar-refractivity contribution in [1.82, 2.24) is 4.57 Å². The number of allylic oxidation sites excluding steroid dienone is 5. The number of benzene rings is 2. The molecular weight excluding hydrogens is 386 g/mol. The molecule has 2 aliphatic rings. The summed E-state index contributed by atoms with van der Waals surface area (Å²) in [6, 6.07) is 17.6. The van der Waals surface area contributed by atoms with Crippen LogP contribution in [0.2, 0.25) is 0 Å². The molecule has 0 radical (unpaired) electrons. The molecule has 0 bridgehead atoms. The van der Waals surface area contributed by atoms with Crippen LogP contribution in [-0.4, -0.2) is 4.57 Å². The molecule has 0 aliphatic heterocycles. The lowest BCUT2D eigenvalue weighted by Gasteiger charge is -2.17. The lowest BCUT2D eigenvalue weighted by Crippen LogP contribution is -2.12. The molecule has 142 valence electrons. The summed E-state index contributed by atoms with van der Waals surface area (Å²) in [7, 11) is 0. The smallest absolute Gasteiger partial charge is 0.0860 e. The number of hydrogen-bond donors (Lipinski definition) is 0. The largest absolute Gasteiger partial charge is 0.309 e. The molecule has 0 fully saturated rings. The van der Waals surface area contributed by atoms with E-state index in [1.807, 2.05) is 29.6 Å². The third-order valence-corrected chi connectivity index (χ3v) is 7.37. The molecule has 3 nitrogen and oxygen atoms in total. The summed E-state index contributed by atoms with van der Waals surface area (Å²) in [5.74, 6) is -0.830. The van der Waals surface area contributed by atoms with E-state index in [2.05, 4.69) is 65.3 Å². The summed E-state index contributed by atoms with van der Waals surface area (Å²) in [4.78, 5) is 1.37. The average molecular weight is 404 g/mol. The van der Waals surface area contributed by atoms with E-state index >= 15 is 0 Å². The number of aromatic nitrogens is 1. The fourth-order valence-electron chi connectivity index (χ4n) is 4.77. The predicted octanol–water partition coefficient (Wildman–Crippen LogP) is 6.66. The van der Waals surface area contributed by atoms with Gasteiger partial charge in [0.1, 0.15) is 0 Å². The van der Waals surface area contributed by atoms with E-state index in [1.54, 1.807) is 0 Å². The molecule has 0 saturated heterocycles. The molecule has 0 N–H and O–H groups in total. The van der Waals surface area contributed by atoms with E-state index in [4.69, 9.17) is 0 Å². The van der Waals surface area contributed by atoms with Gasteiger partial charge in [-0.15, -0.1) is 11.3 Å². The first-order valence-electron chi connectivity index (χ1n) is 10.1. The molecule has 2 atom stereocenters. The average Bonchev–Trinajstić information content (AvgIpc) is 3.32. The van der Waals surface area contributed by atoms with Gasteiger partial charge in [0.25, 0.3) is 0 Å². The molecule has 0 amide bonds. The van der Waals surface area contributed by atoms with Gasteiger partial charge in [-0.25, -0.2) is 0 Å². The number of nitriles is 2. The van der Waals surface area contributed by atoms with Gasteiger partial charge >= 0.3 is 0 Å². The zero-order valence-corrected chi connectivity index (χ0v) is 17.0. The van der Waals surface area contributed by atoms with Crippen molar-refractivity contribution in [3.05, 3.63) is 71.1 Å². The second-order valence-corrected chi connectivity index (χ2v) is 8.95. The zero-order chi connectivity index (χ0) is 20.2. The van der Waals surface area contributed by atoms with Crippen molar-refractivity contribution in [2.24, 2.45) is 11.8 Å². The number of nitrogens with zero attached hydrogens (tertiary/aromatic N) is 3. The summed E-state index contributed by atoms with van der Waals surface area (Å²) in [6.45, 7) is 0. The van der Waals surface area contributed by atoms with Crippen LogP contribution in [0.5, 0.6) is 0 Å². The summed E-state index contributed by atoms with van der Waals surface area (Å²) in [5.41, 5.74) is 4.70. The lowest BCUT2D eigenvalue weighted by atomic mass is 9.89. The zero-order valence-electron chi connectivity index (χ0n) is 16.2. The van der Waals surface area contributed by atoms with Crippen molar-refractivity contribution in [3.8, 4) is 12.1 Å². The molecule has 30 heavy (non-hydrogen) atoms. The maximum atomic E-state index is 9.58. The molecule has 6 rings (SSSR count). The Bertz CT molecular complexity index is 1530. The SMILES string of the molecule is N#CC1C=CC(n2c3ccccc3c3cc4c5c(sc4cc32)C=CCC5)=CC1C#N. The number of para-hydroxylation sites is 1. The van der Waals surface area contributed by atoms with Gasteiger partial charge in [0.05, 0.1) is 35.0 Å². The van der Waals surface area contributed by atoms with Crippen LogP contribution in [0.4, 0.5) is 0 Å². The second-order valence-electron chi connectivity index (χ2n) is 7.86. The molecule has 2 unspecified atom stereocenters. The molecule has 2 aliphatic carbocycles. The Morgan fingerprint density at radius 3 is 2.67 bits per heavy atom. The van der Waals surface area contributed by atoms with Crippen LogP contribution in [0, 0.1) is 34.5 Å². The quantitative estimate of drug-likeness (QED) is 0.357. The van der Waals surface area contributed by atoms with Crippen LogP contribution in [0.25, 0.3) is 43.7 Å². The van der Waals surface area contributed by atoms with Gasteiger partial charge in [0.15, 0.2) is 0 Å². The van der Waals surface area contributed by atoms with Gasteiger partial charge < -0.3 is 4.57 Å². The Morgan fingerprint density at radius 1 is 0.933 bits per heavy atom. The maximum absolute atomic E-state index is 9.58. The van der Waals surface area contributed by atoms with E-state index in [-0.39, 0.29) is 0 Å². The maximum Gasteiger partial charge on any atom is 0.0860 e. The van der Waals surface area contributed by atoms with Crippen LogP contribution >= 0.6 is 11.3 Å². The molecule has 2 heterocycles. The van der Waals surface area contributed by atoms with Gasteiger partial charge in [-0.05, 0) is 60.2 Å². The highest BCUT2D eigenvalue weighted by atomic mass is 32.1. The Labute approximate surface area is 178 Å².